The number of hydrogen-bond acceptors (Lipinski definition) is 2. The molecule has 21 heavy (non-hydrogen) atoms. The van der Waals surface area contributed by atoms with Crippen LogP contribution in [0.15, 0.2) is 29.2 Å². The Kier molecular flexibility index (Phi) is 5.91. The van der Waals surface area contributed by atoms with Gasteiger partial charge in [0.15, 0.2) is 0 Å². The molecule has 3 atom stereocenters. The Morgan fingerprint density at radius 1 is 1.14 bits per heavy atom. The Bertz CT molecular complexity index is 433. The molecule has 1 nitrogen and oxygen atoms in total. The van der Waals surface area contributed by atoms with Gasteiger partial charge in [-0.1, -0.05) is 39.0 Å². The second-order valence-corrected chi connectivity index (χ2v) is 7.54. The quantitative estimate of drug-likeness (QED) is 0.682. The lowest BCUT2D eigenvalue weighted by Gasteiger charge is -2.38. The fourth-order valence-electron chi connectivity index (χ4n) is 3.31. The summed E-state index contributed by atoms with van der Waals surface area (Å²) in [6.07, 6.45) is 3.77. The average Bonchev–Trinajstić information content (AvgIpc) is 2.40. The number of thioether (sulfide) groups is 1. The summed E-state index contributed by atoms with van der Waals surface area (Å²) in [5.41, 5.74) is 1.04. The average molecular weight is 313 g/mol. The third kappa shape index (κ3) is 4.87. The Hall–Kier alpha value is -0.770. The van der Waals surface area contributed by atoms with E-state index in [0.29, 0.717) is 34.5 Å². The monoisotopic (exact) mass is 313 g/mol. The van der Waals surface area contributed by atoms with Gasteiger partial charge in [-0.2, -0.15) is 8.78 Å². The van der Waals surface area contributed by atoms with E-state index in [1.54, 1.807) is 12.1 Å². The zero-order valence-electron chi connectivity index (χ0n) is 13.0. The maximum absolute atomic E-state index is 12.3. The number of benzene rings is 1. The van der Waals surface area contributed by atoms with Crippen molar-refractivity contribution in [2.75, 3.05) is 5.32 Å². The number of anilines is 1. The standard InChI is InChI=1S/C17H25F2NS/c1-11(2)15-9-4-12(3)10-16(15)20-13-5-7-14(8-6-13)21-17(18)19/h5-8,11-12,15-17,20H,4,9-10H2,1-3H3. The van der Waals surface area contributed by atoms with Gasteiger partial charge in [-0.15, -0.1) is 0 Å². The molecular formula is C17H25F2NS. The highest BCUT2D eigenvalue weighted by Gasteiger charge is 2.30. The molecule has 3 unspecified atom stereocenters. The highest BCUT2D eigenvalue weighted by Crippen LogP contribution is 2.35. The molecule has 1 aliphatic carbocycles. The molecule has 1 aromatic carbocycles. The first-order valence-electron chi connectivity index (χ1n) is 7.77. The van der Waals surface area contributed by atoms with Crippen molar-refractivity contribution in [1.29, 1.82) is 0 Å². The van der Waals surface area contributed by atoms with Crippen LogP contribution < -0.4 is 5.32 Å². The molecule has 1 saturated carbocycles. The summed E-state index contributed by atoms with van der Waals surface area (Å²) in [5.74, 6) is -0.237. The first kappa shape index (κ1) is 16.6. The normalized spacial score (nSPS) is 26.3. The van der Waals surface area contributed by atoms with Crippen molar-refractivity contribution >= 4 is 17.4 Å². The van der Waals surface area contributed by atoms with Gasteiger partial charge in [-0.3, -0.25) is 0 Å². The fraction of sp³-hybridized carbons (Fsp3) is 0.647. The Morgan fingerprint density at radius 3 is 2.38 bits per heavy atom. The molecule has 1 aromatic rings. The predicted molar refractivity (Wildman–Crippen MR) is 87.1 cm³/mol. The van der Waals surface area contributed by atoms with Crippen LogP contribution in [0.25, 0.3) is 0 Å². The molecule has 0 bridgehead atoms. The SMILES string of the molecule is CC1CCC(C(C)C)C(Nc2ccc(SC(F)F)cc2)C1. The van der Waals surface area contributed by atoms with Crippen LogP contribution in [0.3, 0.4) is 0 Å². The Morgan fingerprint density at radius 2 is 1.81 bits per heavy atom. The summed E-state index contributed by atoms with van der Waals surface area (Å²) >= 11 is 0.598. The van der Waals surface area contributed by atoms with Crippen molar-refractivity contribution in [3.8, 4) is 0 Å². The van der Waals surface area contributed by atoms with Crippen LogP contribution in [0, 0.1) is 17.8 Å². The molecule has 2 rings (SSSR count). The van der Waals surface area contributed by atoms with E-state index >= 15 is 0 Å². The Balaban J connectivity index is 2.01. The molecule has 118 valence electrons. The second kappa shape index (κ2) is 7.48. The van der Waals surface area contributed by atoms with Gasteiger partial charge in [0.1, 0.15) is 0 Å². The molecule has 0 spiro atoms. The lowest BCUT2D eigenvalue weighted by molar-refractivity contribution is 0.212. The molecule has 0 heterocycles. The van der Waals surface area contributed by atoms with Crippen molar-refractivity contribution in [2.45, 2.75) is 56.7 Å². The lowest BCUT2D eigenvalue weighted by atomic mass is 9.74. The first-order chi connectivity index (χ1) is 9.95. The van der Waals surface area contributed by atoms with E-state index in [0.717, 1.165) is 11.6 Å². The van der Waals surface area contributed by atoms with Crippen LogP contribution in [-0.2, 0) is 0 Å². The first-order valence-corrected chi connectivity index (χ1v) is 8.65. The van der Waals surface area contributed by atoms with E-state index in [9.17, 15) is 8.78 Å². The van der Waals surface area contributed by atoms with Gasteiger partial charge in [0.25, 0.3) is 5.76 Å². The van der Waals surface area contributed by atoms with Crippen LogP contribution >= 0.6 is 11.8 Å². The number of rotatable bonds is 5. The van der Waals surface area contributed by atoms with E-state index in [1.165, 1.54) is 19.3 Å². The van der Waals surface area contributed by atoms with Crippen molar-refractivity contribution in [2.24, 2.45) is 17.8 Å². The van der Waals surface area contributed by atoms with E-state index in [-0.39, 0.29) is 0 Å². The van der Waals surface area contributed by atoms with Gasteiger partial charge in [0.2, 0.25) is 0 Å². The molecule has 0 saturated heterocycles. The molecule has 4 heteroatoms. The third-order valence-electron chi connectivity index (χ3n) is 4.45. The minimum absolute atomic E-state index is 0.488. The van der Waals surface area contributed by atoms with Gasteiger partial charge in [0, 0.05) is 16.6 Å². The minimum Gasteiger partial charge on any atom is -0.382 e. The van der Waals surface area contributed by atoms with Crippen molar-refractivity contribution < 1.29 is 8.78 Å². The second-order valence-electron chi connectivity index (χ2n) is 6.48. The van der Waals surface area contributed by atoms with Crippen molar-refractivity contribution in [3.63, 3.8) is 0 Å². The van der Waals surface area contributed by atoms with Gasteiger partial charge in [-0.05, 0) is 54.9 Å². The maximum Gasteiger partial charge on any atom is 0.288 e. The fourth-order valence-corrected chi connectivity index (χ4v) is 3.81. The number of halogens is 2. The lowest BCUT2D eigenvalue weighted by Crippen LogP contribution is -2.37. The predicted octanol–water partition coefficient (Wildman–Crippen LogP) is 5.87. The molecule has 0 aliphatic heterocycles. The van der Waals surface area contributed by atoms with Gasteiger partial charge < -0.3 is 5.32 Å². The number of nitrogens with one attached hydrogen (secondary N) is 1. The van der Waals surface area contributed by atoms with Crippen LogP contribution in [0.1, 0.15) is 40.0 Å². The molecular weight excluding hydrogens is 288 g/mol. The van der Waals surface area contributed by atoms with Crippen molar-refractivity contribution in [1.82, 2.24) is 0 Å². The van der Waals surface area contributed by atoms with Gasteiger partial charge in [0.05, 0.1) is 0 Å². The van der Waals surface area contributed by atoms with Crippen LogP contribution in [-0.4, -0.2) is 11.8 Å². The van der Waals surface area contributed by atoms with Gasteiger partial charge >= 0.3 is 0 Å². The van der Waals surface area contributed by atoms with E-state index in [2.05, 4.69) is 26.1 Å². The van der Waals surface area contributed by atoms with Crippen LogP contribution in [0.2, 0.25) is 0 Å². The highest BCUT2D eigenvalue weighted by atomic mass is 32.2. The summed E-state index contributed by atoms with van der Waals surface area (Å²) in [6.45, 7) is 6.89. The smallest absolute Gasteiger partial charge is 0.288 e. The molecule has 0 amide bonds. The minimum atomic E-state index is -2.35. The molecule has 1 fully saturated rings. The Labute approximate surface area is 130 Å². The molecule has 0 radical (unpaired) electrons. The van der Waals surface area contributed by atoms with Crippen LogP contribution in [0.4, 0.5) is 14.5 Å². The molecule has 1 aliphatic rings. The van der Waals surface area contributed by atoms with E-state index < -0.39 is 5.76 Å². The third-order valence-corrected chi connectivity index (χ3v) is 5.18. The zero-order valence-corrected chi connectivity index (χ0v) is 13.8. The summed E-state index contributed by atoms with van der Waals surface area (Å²) in [6, 6.07) is 7.87. The summed E-state index contributed by atoms with van der Waals surface area (Å²) in [5, 5.41) is 3.63. The summed E-state index contributed by atoms with van der Waals surface area (Å²) in [7, 11) is 0. The van der Waals surface area contributed by atoms with Crippen LogP contribution in [0.5, 0.6) is 0 Å². The number of hydrogen-bond donors (Lipinski definition) is 1. The molecule has 1 N–H and O–H groups in total. The largest absolute Gasteiger partial charge is 0.382 e. The highest BCUT2D eigenvalue weighted by molar-refractivity contribution is 7.99. The van der Waals surface area contributed by atoms with E-state index in [1.807, 2.05) is 12.1 Å². The molecule has 0 aromatic heterocycles. The summed E-state index contributed by atoms with van der Waals surface area (Å²) in [4.78, 5) is 0.618. The number of alkyl halides is 2. The van der Waals surface area contributed by atoms with E-state index in [4.69, 9.17) is 0 Å². The summed E-state index contributed by atoms with van der Waals surface area (Å²) < 4.78 is 24.6. The van der Waals surface area contributed by atoms with Crippen molar-refractivity contribution in [3.05, 3.63) is 24.3 Å². The van der Waals surface area contributed by atoms with Gasteiger partial charge in [-0.25, -0.2) is 0 Å². The topological polar surface area (TPSA) is 12.0 Å². The maximum atomic E-state index is 12.3. The zero-order chi connectivity index (χ0) is 15.4.